The molecular weight excluding hydrogens is 134 g/mol. The van der Waals surface area contributed by atoms with Gasteiger partial charge in [0.2, 0.25) is 5.91 Å². The molecule has 0 aromatic carbocycles. The van der Waals surface area contributed by atoms with Gasteiger partial charge in [-0.15, -0.1) is 0 Å². The zero-order valence-corrected chi connectivity index (χ0v) is 6.33. The van der Waals surface area contributed by atoms with Crippen molar-refractivity contribution in [3.05, 3.63) is 0 Å². The summed E-state index contributed by atoms with van der Waals surface area (Å²) in [5.74, 6) is 1.26. The van der Waals surface area contributed by atoms with E-state index in [9.17, 15) is 4.79 Å². The van der Waals surface area contributed by atoms with Crippen molar-refractivity contribution in [3.8, 4) is 0 Å². The molecular formula is C6H11NOS. The fourth-order valence-corrected chi connectivity index (χ4v) is 1.73. The van der Waals surface area contributed by atoms with Gasteiger partial charge in [0, 0.05) is 24.0 Å². The Hall–Kier alpha value is -0.180. The van der Waals surface area contributed by atoms with Gasteiger partial charge in [-0.25, -0.2) is 0 Å². The summed E-state index contributed by atoms with van der Waals surface area (Å²) in [6.45, 7) is 2.93. The number of carbonyl (C=O) groups excluding carboxylic acids is 1. The van der Waals surface area contributed by atoms with E-state index >= 15 is 0 Å². The molecule has 0 bridgehead atoms. The minimum atomic E-state index is 0.201. The van der Waals surface area contributed by atoms with Crippen LogP contribution < -0.4 is 5.32 Å². The van der Waals surface area contributed by atoms with Crippen molar-refractivity contribution < 1.29 is 4.79 Å². The Bertz CT molecular complexity index is 116. The molecule has 1 saturated heterocycles. The molecule has 0 spiro atoms. The van der Waals surface area contributed by atoms with Gasteiger partial charge in [-0.05, 0) is 0 Å². The second kappa shape index (κ2) is 3.11. The van der Waals surface area contributed by atoms with E-state index in [1.807, 2.05) is 11.8 Å². The Morgan fingerprint density at radius 3 is 3.33 bits per heavy atom. The lowest BCUT2D eigenvalue weighted by Gasteiger charge is -2.01. The van der Waals surface area contributed by atoms with Gasteiger partial charge in [0.15, 0.2) is 0 Å². The molecule has 0 aromatic rings. The summed E-state index contributed by atoms with van der Waals surface area (Å²) in [5, 5.41) is 3.32. The second-order valence-corrected chi connectivity index (χ2v) is 3.78. The van der Waals surface area contributed by atoms with Gasteiger partial charge in [-0.1, -0.05) is 6.92 Å². The van der Waals surface area contributed by atoms with E-state index in [0.717, 1.165) is 12.3 Å². The van der Waals surface area contributed by atoms with Crippen molar-refractivity contribution in [2.75, 3.05) is 12.3 Å². The Kier molecular flexibility index (Phi) is 2.39. The van der Waals surface area contributed by atoms with Crippen LogP contribution in [-0.2, 0) is 4.79 Å². The molecule has 1 heterocycles. The zero-order chi connectivity index (χ0) is 6.69. The van der Waals surface area contributed by atoms with Crippen molar-refractivity contribution >= 4 is 17.7 Å². The first-order chi connectivity index (χ1) is 4.29. The monoisotopic (exact) mass is 145 g/mol. The van der Waals surface area contributed by atoms with E-state index in [1.54, 1.807) is 0 Å². The maximum atomic E-state index is 10.8. The van der Waals surface area contributed by atoms with Crippen LogP contribution in [0.1, 0.15) is 13.3 Å². The Morgan fingerprint density at radius 1 is 1.78 bits per heavy atom. The van der Waals surface area contributed by atoms with Gasteiger partial charge < -0.3 is 5.32 Å². The van der Waals surface area contributed by atoms with E-state index < -0.39 is 0 Å². The number of nitrogens with one attached hydrogen (secondary N) is 1. The predicted octanol–water partition coefficient (Wildman–Crippen LogP) is 0.628. The van der Waals surface area contributed by atoms with E-state index in [-0.39, 0.29) is 5.91 Å². The van der Waals surface area contributed by atoms with Gasteiger partial charge in [0.05, 0.1) is 0 Å². The number of rotatable bonds is 0. The van der Waals surface area contributed by atoms with Crippen LogP contribution in [0, 0.1) is 0 Å². The molecule has 1 N–H and O–H groups in total. The van der Waals surface area contributed by atoms with Crippen LogP contribution in [-0.4, -0.2) is 23.5 Å². The molecule has 1 atom stereocenters. The van der Waals surface area contributed by atoms with Crippen LogP contribution in [0.4, 0.5) is 0 Å². The van der Waals surface area contributed by atoms with Crippen LogP contribution in [0.2, 0.25) is 0 Å². The largest absolute Gasteiger partial charge is 0.355 e. The maximum absolute atomic E-state index is 10.8. The summed E-state index contributed by atoms with van der Waals surface area (Å²) in [7, 11) is 0. The first kappa shape index (κ1) is 6.93. The van der Waals surface area contributed by atoms with Gasteiger partial charge >= 0.3 is 0 Å². The summed E-state index contributed by atoms with van der Waals surface area (Å²) in [4.78, 5) is 10.8. The highest BCUT2D eigenvalue weighted by molar-refractivity contribution is 7.99. The SMILES string of the molecule is C[C@@H]1CC(=O)NCCS1. The van der Waals surface area contributed by atoms with E-state index in [2.05, 4.69) is 12.2 Å². The Balaban J connectivity index is 2.37. The molecule has 1 amide bonds. The molecule has 2 nitrogen and oxygen atoms in total. The molecule has 1 aliphatic heterocycles. The summed E-state index contributed by atoms with van der Waals surface area (Å²) < 4.78 is 0. The fraction of sp³-hybridized carbons (Fsp3) is 0.833. The third-order valence-corrected chi connectivity index (χ3v) is 2.47. The van der Waals surface area contributed by atoms with E-state index in [4.69, 9.17) is 0 Å². The summed E-state index contributed by atoms with van der Waals surface area (Å²) in [6.07, 6.45) is 0.685. The summed E-state index contributed by atoms with van der Waals surface area (Å²) >= 11 is 1.86. The standard InChI is InChI=1S/C6H11NOS/c1-5-4-6(8)7-2-3-9-5/h5H,2-4H2,1H3,(H,7,8)/t5-/m1/s1. The number of amides is 1. The van der Waals surface area contributed by atoms with Crippen LogP contribution in [0.15, 0.2) is 0 Å². The highest BCUT2D eigenvalue weighted by Crippen LogP contribution is 2.14. The zero-order valence-electron chi connectivity index (χ0n) is 5.52. The van der Waals surface area contributed by atoms with Crippen molar-refractivity contribution in [2.24, 2.45) is 0 Å². The van der Waals surface area contributed by atoms with Crippen molar-refractivity contribution in [3.63, 3.8) is 0 Å². The first-order valence-electron chi connectivity index (χ1n) is 3.17. The minimum absolute atomic E-state index is 0.201. The van der Waals surface area contributed by atoms with Gasteiger partial charge in [-0.3, -0.25) is 4.79 Å². The molecule has 0 aromatic heterocycles. The highest BCUT2D eigenvalue weighted by Gasteiger charge is 2.12. The molecule has 1 aliphatic rings. The number of hydrogen-bond donors (Lipinski definition) is 1. The van der Waals surface area contributed by atoms with Crippen molar-refractivity contribution in [2.45, 2.75) is 18.6 Å². The molecule has 1 fully saturated rings. The van der Waals surface area contributed by atoms with Crippen LogP contribution in [0.5, 0.6) is 0 Å². The Labute approximate surface area is 59.4 Å². The molecule has 52 valence electrons. The number of hydrogen-bond acceptors (Lipinski definition) is 2. The topological polar surface area (TPSA) is 29.1 Å². The molecule has 1 rings (SSSR count). The summed E-state index contributed by atoms with van der Waals surface area (Å²) in [6, 6.07) is 0. The van der Waals surface area contributed by atoms with Crippen LogP contribution in [0.3, 0.4) is 0 Å². The highest BCUT2D eigenvalue weighted by atomic mass is 32.2. The lowest BCUT2D eigenvalue weighted by atomic mass is 10.3. The van der Waals surface area contributed by atoms with Crippen molar-refractivity contribution in [1.82, 2.24) is 5.32 Å². The Morgan fingerprint density at radius 2 is 2.56 bits per heavy atom. The number of thioether (sulfide) groups is 1. The molecule has 9 heavy (non-hydrogen) atoms. The molecule has 0 radical (unpaired) electrons. The summed E-state index contributed by atoms with van der Waals surface area (Å²) in [5.41, 5.74) is 0. The molecule has 0 saturated carbocycles. The van der Waals surface area contributed by atoms with E-state index in [0.29, 0.717) is 11.7 Å². The third kappa shape index (κ3) is 2.26. The average molecular weight is 145 g/mol. The average Bonchev–Trinajstić information content (AvgIpc) is 1.93. The maximum Gasteiger partial charge on any atom is 0.221 e. The second-order valence-electron chi connectivity index (χ2n) is 2.24. The van der Waals surface area contributed by atoms with Gasteiger partial charge in [-0.2, -0.15) is 11.8 Å². The molecule has 3 heteroatoms. The van der Waals surface area contributed by atoms with Gasteiger partial charge in [0.1, 0.15) is 0 Å². The predicted molar refractivity (Wildman–Crippen MR) is 39.5 cm³/mol. The molecule has 0 unspecified atom stereocenters. The van der Waals surface area contributed by atoms with Crippen LogP contribution >= 0.6 is 11.8 Å². The fourth-order valence-electron chi connectivity index (χ4n) is 0.843. The molecule has 0 aliphatic carbocycles. The first-order valence-corrected chi connectivity index (χ1v) is 4.22. The normalized spacial score (nSPS) is 29.0. The quantitative estimate of drug-likeness (QED) is 0.541. The smallest absolute Gasteiger partial charge is 0.221 e. The third-order valence-electron chi connectivity index (χ3n) is 1.30. The van der Waals surface area contributed by atoms with Crippen molar-refractivity contribution in [1.29, 1.82) is 0 Å². The van der Waals surface area contributed by atoms with E-state index in [1.165, 1.54) is 0 Å². The lowest BCUT2D eigenvalue weighted by molar-refractivity contribution is -0.120. The number of carbonyl (C=O) groups is 1. The minimum Gasteiger partial charge on any atom is -0.355 e. The van der Waals surface area contributed by atoms with Gasteiger partial charge in [0.25, 0.3) is 0 Å². The van der Waals surface area contributed by atoms with Crippen LogP contribution in [0.25, 0.3) is 0 Å². The lowest BCUT2D eigenvalue weighted by Crippen LogP contribution is -2.23.